The van der Waals surface area contributed by atoms with Gasteiger partial charge in [-0.1, -0.05) is 13.0 Å². The first-order valence-electron chi connectivity index (χ1n) is 5.10. The fourth-order valence-corrected chi connectivity index (χ4v) is 1.07. The highest BCUT2D eigenvalue weighted by Crippen LogP contribution is 2.12. The minimum absolute atomic E-state index is 0.170. The number of ether oxygens (including phenoxy) is 1. The van der Waals surface area contributed by atoms with E-state index in [9.17, 15) is 0 Å². The molecule has 0 aromatic carbocycles. The summed E-state index contributed by atoms with van der Waals surface area (Å²) in [5.41, 5.74) is 0. The lowest BCUT2D eigenvalue weighted by molar-refractivity contribution is 0.233. The van der Waals surface area contributed by atoms with Gasteiger partial charge in [-0.3, -0.25) is 0 Å². The monoisotopic (exact) mass is 194 g/mol. The van der Waals surface area contributed by atoms with Crippen molar-refractivity contribution in [3.8, 4) is 5.88 Å². The van der Waals surface area contributed by atoms with Gasteiger partial charge < -0.3 is 10.1 Å². The van der Waals surface area contributed by atoms with Crippen molar-refractivity contribution in [2.24, 2.45) is 0 Å². The highest BCUT2D eigenvalue weighted by atomic mass is 16.5. The zero-order valence-electron chi connectivity index (χ0n) is 9.08. The minimum atomic E-state index is 0.170. The Morgan fingerprint density at radius 3 is 2.86 bits per heavy atom. The molecule has 14 heavy (non-hydrogen) atoms. The number of nitrogens with one attached hydrogen (secondary N) is 1. The number of aromatic nitrogens is 1. The van der Waals surface area contributed by atoms with Gasteiger partial charge in [-0.15, -0.1) is 0 Å². The fraction of sp³-hybridized carbons (Fsp3) is 0.545. The summed E-state index contributed by atoms with van der Waals surface area (Å²) in [5, 5.41) is 3.22. The number of anilines is 1. The van der Waals surface area contributed by atoms with Crippen LogP contribution < -0.4 is 10.1 Å². The molecule has 0 spiro atoms. The average Bonchev–Trinajstić information content (AvgIpc) is 2.14. The van der Waals surface area contributed by atoms with Gasteiger partial charge in [0.15, 0.2) is 0 Å². The SMILES string of the molecule is CCCNc1cccc(OC(C)C)n1. The van der Waals surface area contributed by atoms with Gasteiger partial charge in [-0.05, 0) is 26.3 Å². The van der Waals surface area contributed by atoms with Crippen molar-refractivity contribution in [3.05, 3.63) is 18.2 Å². The molecule has 0 aliphatic carbocycles. The van der Waals surface area contributed by atoms with E-state index in [4.69, 9.17) is 4.74 Å². The number of hydrogen-bond donors (Lipinski definition) is 1. The second-order valence-electron chi connectivity index (χ2n) is 3.45. The molecule has 0 atom stereocenters. The Kier molecular flexibility index (Phi) is 4.23. The molecule has 1 rings (SSSR count). The Morgan fingerprint density at radius 2 is 2.21 bits per heavy atom. The van der Waals surface area contributed by atoms with Gasteiger partial charge in [0.25, 0.3) is 0 Å². The minimum Gasteiger partial charge on any atom is -0.475 e. The average molecular weight is 194 g/mol. The predicted octanol–water partition coefficient (Wildman–Crippen LogP) is 2.69. The Balaban J connectivity index is 2.59. The molecule has 0 saturated carbocycles. The Morgan fingerprint density at radius 1 is 1.43 bits per heavy atom. The summed E-state index contributed by atoms with van der Waals surface area (Å²) in [7, 11) is 0. The van der Waals surface area contributed by atoms with E-state index in [-0.39, 0.29) is 6.10 Å². The molecule has 0 amide bonds. The largest absolute Gasteiger partial charge is 0.475 e. The first kappa shape index (κ1) is 10.8. The molecule has 0 radical (unpaired) electrons. The molecule has 3 heteroatoms. The zero-order valence-corrected chi connectivity index (χ0v) is 9.08. The summed E-state index contributed by atoms with van der Waals surface area (Å²) in [6, 6.07) is 5.77. The fourth-order valence-electron chi connectivity index (χ4n) is 1.07. The maximum atomic E-state index is 5.48. The van der Waals surface area contributed by atoms with Gasteiger partial charge in [0.2, 0.25) is 5.88 Å². The molecular weight excluding hydrogens is 176 g/mol. The molecular formula is C11H18N2O. The lowest BCUT2D eigenvalue weighted by Crippen LogP contribution is -2.08. The van der Waals surface area contributed by atoms with Crippen molar-refractivity contribution < 1.29 is 4.74 Å². The molecule has 0 unspecified atom stereocenters. The molecule has 3 nitrogen and oxygen atoms in total. The van der Waals surface area contributed by atoms with Crippen LogP contribution in [-0.2, 0) is 0 Å². The summed E-state index contributed by atoms with van der Waals surface area (Å²) in [6.45, 7) is 7.06. The van der Waals surface area contributed by atoms with Crippen LogP contribution in [0.2, 0.25) is 0 Å². The Labute approximate surface area is 85.5 Å². The molecule has 0 bridgehead atoms. The highest BCUT2D eigenvalue weighted by Gasteiger charge is 1.99. The second kappa shape index (κ2) is 5.47. The molecule has 1 heterocycles. The smallest absolute Gasteiger partial charge is 0.215 e. The van der Waals surface area contributed by atoms with Crippen LogP contribution in [0.3, 0.4) is 0 Å². The van der Waals surface area contributed by atoms with Crippen molar-refractivity contribution in [1.82, 2.24) is 4.98 Å². The van der Waals surface area contributed by atoms with Crippen LogP contribution in [-0.4, -0.2) is 17.6 Å². The van der Waals surface area contributed by atoms with Crippen LogP contribution in [0.25, 0.3) is 0 Å². The van der Waals surface area contributed by atoms with Crippen molar-refractivity contribution in [2.45, 2.75) is 33.3 Å². The second-order valence-corrected chi connectivity index (χ2v) is 3.45. The maximum absolute atomic E-state index is 5.48. The van der Waals surface area contributed by atoms with E-state index >= 15 is 0 Å². The van der Waals surface area contributed by atoms with E-state index in [1.54, 1.807) is 0 Å². The molecule has 78 valence electrons. The Hall–Kier alpha value is -1.25. The third-order valence-electron chi connectivity index (χ3n) is 1.64. The maximum Gasteiger partial charge on any atom is 0.215 e. The first-order valence-corrected chi connectivity index (χ1v) is 5.10. The lowest BCUT2D eigenvalue weighted by atomic mass is 10.4. The van der Waals surface area contributed by atoms with Crippen LogP contribution in [0, 0.1) is 0 Å². The van der Waals surface area contributed by atoms with E-state index in [0.29, 0.717) is 5.88 Å². The summed E-state index contributed by atoms with van der Waals surface area (Å²) < 4.78 is 5.48. The van der Waals surface area contributed by atoms with Gasteiger partial charge in [0.1, 0.15) is 5.82 Å². The molecule has 0 aliphatic rings. The van der Waals surface area contributed by atoms with Gasteiger partial charge in [0.05, 0.1) is 6.10 Å². The molecule has 0 saturated heterocycles. The molecule has 1 aromatic heterocycles. The zero-order chi connectivity index (χ0) is 10.4. The molecule has 0 fully saturated rings. The normalized spacial score (nSPS) is 10.3. The van der Waals surface area contributed by atoms with E-state index in [1.807, 2.05) is 32.0 Å². The third-order valence-corrected chi connectivity index (χ3v) is 1.64. The number of hydrogen-bond acceptors (Lipinski definition) is 3. The third kappa shape index (κ3) is 3.64. The summed E-state index contributed by atoms with van der Waals surface area (Å²) in [6.07, 6.45) is 1.26. The lowest BCUT2D eigenvalue weighted by Gasteiger charge is -2.10. The topological polar surface area (TPSA) is 34.1 Å². The van der Waals surface area contributed by atoms with Gasteiger partial charge in [-0.25, -0.2) is 0 Å². The van der Waals surface area contributed by atoms with E-state index < -0.39 is 0 Å². The van der Waals surface area contributed by atoms with Gasteiger partial charge in [-0.2, -0.15) is 4.98 Å². The number of pyridine rings is 1. The van der Waals surface area contributed by atoms with Crippen molar-refractivity contribution in [2.75, 3.05) is 11.9 Å². The predicted molar refractivity (Wildman–Crippen MR) is 58.8 cm³/mol. The molecule has 0 aliphatic heterocycles. The van der Waals surface area contributed by atoms with E-state index in [0.717, 1.165) is 18.8 Å². The number of rotatable bonds is 5. The molecule has 1 N–H and O–H groups in total. The van der Waals surface area contributed by atoms with Crippen molar-refractivity contribution >= 4 is 5.82 Å². The van der Waals surface area contributed by atoms with Crippen LogP contribution in [0.4, 0.5) is 5.82 Å². The van der Waals surface area contributed by atoms with Crippen LogP contribution in [0.1, 0.15) is 27.2 Å². The number of nitrogens with zero attached hydrogens (tertiary/aromatic N) is 1. The van der Waals surface area contributed by atoms with Crippen LogP contribution in [0.5, 0.6) is 5.88 Å². The van der Waals surface area contributed by atoms with Crippen LogP contribution >= 0.6 is 0 Å². The highest BCUT2D eigenvalue weighted by molar-refractivity contribution is 5.36. The van der Waals surface area contributed by atoms with Crippen molar-refractivity contribution in [3.63, 3.8) is 0 Å². The van der Waals surface area contributed by atoms with Gasteiger partial charge >= 0.3 is 0 Å². The van der Waals surface area contributed by atoms with E-state index in [2.05, 4.69) is 17.2 Å². The summed E-state index contributed by atoms with van der Waals surface area (Å²) >= 11 is 0. The standard InChI is InChI=1S/C11H18N2O/c1-4-8-12-10-6-5-7-11(13-10)14-9(2)3/h5-7,9H,4,8H2,1-3H3,(H,12,13). The van der Waals surface area contributed by atoms with E-state index in [1.165, 1.54) is 0 Å². The van der Waals surface area contributed by atoms with Crippen LogP contribution in [0.15, 0.2) is 18.2 Å². The first-order chi connectivity index (χ1) is 6.72. The van der Waals surface area contributed by atoms with Crippen molar-refractivity contribution in [1.29, 1.82) is 0 Å². The van der Waals surface area contributed by atoms with Gasteiger partial charge in [0, 0.05) is 12.6 Å². The summed E-state index contributed by atoms with van der Waals surface area (Å²) in [5.74, 6) is 1.56. The summed E-state index contributed by atoms with van der Waals surface area (Å²) in [4.78, 5) is 4.32. The quantitative estimate of drug-likeness (QED) is 0.782. The Bertz CT molecular complexity index is 274. The molecule has 1 aromatic rings.